The van der Waals surface area contributed by atoms with E-state index >= 15 is 0 Å². The minimum atomic E-state index is 0.124. The Morgan fingerprint density at radius 1 is 1.10 bits per heavy atom. The number of aromatic nitrogens is 4. The van der Waals surface area contributed by atoms with Crippen LogP contribution in [0.5, 0.6) is 5.75 Å². The van der Waals surface area contributed by atoms with Crippen molar-refractivity contribution in [2.24, 2.45) is 0 Å². The van der Waals surface area contributed by atoms with Crippen molar-refractivity contribution in [2.75, 3.05) is 20.2 Å². The summed E-state index contributed by atoms with van der Waals surface area (Å²) < 4.78 is 5.73. The highest BCUT2D eigenvalue weighted by molar-refractivity contribution is 6.16. The lowest BCUT2D eigenvalue weighted by atomic mass is 9.62. The third-order valence-electron chi connectivity index (χ3n) is 6.81. The summed E-state index contributed by atoms with van der Waals surface area (Å²) in [5.41, 5.74) is 9.48. The van der Waals surface area contributed by atoms with E-state index in [4.69, 9.17) is 14.7 Å². The zero-order chi connectivity index (χ0) is 21.0. The van der Waals surface area contributed by atoms with Crippen molar-refractivity contribution < 1.29 is 4.74 Å². The van der Waals surface area contributed by atoms with Gasteiger partial charge in [-0.2, -0.15) is 5.10 Å². The Hall–Kier alpha value is -3.19. The molecule has 1 aromatic carbocycles. The maximum atomic E-state index is 5.73. The molecule has 1 saturated heterocycles. The molecule has 0 atom stereocenters. The molecule has 4 heterocycles. The standard InChI is InChI=1S/C24H24BN5O/c1-31-19-10-18-23(28-22(19)17-7-3-5-14-4-2-6-16(14)17)21(30-29-18)15-8-9-20(27-11-15)24(25)12-26-13-24/h3,5,7-11,26H,2,4,6,12-13,25H2,1H3,(H,29,30). The van der Waals surface area contributed by atoms with E-state index in [9.17, 15) is 0 Å². The number of nitrogens with zero attached hydrogens (tertiary/aromatic N) is 3. The number of pyridine rings is 2. The summed E-state index contributed by atoms with van der Waals surface area (Å²) in [7, 11) is 3.94. The average Bonchev–Trinajstić information content (AvgIpc) is 3.43. The largest absolute Gasteiger partial charge is 0.494 e. The number of hydrogen-bond donors (Lipinski definition) is 2. The van der Waals surface area contributed by atoms with Crippen molar-refractivity contribution in [1.29, 1.82) is 0 Å². The Balaban J connectivity index is 1.47. The van der Waals surface area contributed by atoms with Gasteiger partial charge in [0, 0.05) is 47.5 Å². The number of methoxy groups -OCH3 is 1. The maximum absolute atomic E-state index is 5.73. The molecule has 1 fully saturated rings. The number of nitrogens with one attached hydrogen (secondary N) is 2. The first-order valence-corrected chi connectivity index (χ1v) is 10.9. The molecule has 2 N–H and O–H groups in total. The Labute approximate surface area is 181 Å². The van der Waals surface area contributed by atoms with Crippen molar-refractivity contribution in [2.45, 2.75) is 24.6 Å². The fraction of sp³-hybridized carbons (Fsp3) is 0.292. The van der Waals surface area contributed by atoms with E-state index in [2.05, 4.69) is 53.7 Å². The number of aromatic amines is 1. The molecular weight excluding hydrogens is 385 g/mol. The van der Waals surface area contributed by atoms with Crippen LogP contribution >= 0.6 is 0 Å². The maximum Gasteiger partial charge on any atom is 0.147 e. The molecule has 0 bridgehead atoms. The molecule has 31 heavy (non-hydrogen) atoms. The summed E-state index contributed by atoms with van der Waals surface area (Å²) in [6.45, 7) is 1.94. The van der Waals surface area contributed by atoms with E-state index in [-0.39, 0.29) is 5.31 Å². The van der Waals surface area contributed by atoms with Crippen molar-refractivity contribution in [3.63, 3.8) is 0 Å². The monoisotopic (exact) mass is 409 g/mol. The predicted octanol–water partition coefficient (Wildman–Crippen LogP) is 2.62. The van der Waals surface area contributed by atoms with Crippen LogP contribution in [-0.4, -0.2) is 48.2 Å². The van der Waals surface area contributed by atoms with Gasteiger partial charge >= 0.3 is 0 Å². The molecule has 1 aliphatic carbocycles. The average molecular weight is 409 g/mol. The normalized spacial score (nSPS) is 16.8. The van der Waals surface area contributed by atoms with Crippen molar-refractivity contribution in [3.8, 4) is 28.3 Å². The number of rotatable bonds is 4. The van der Waals surface area contributed by atoms with Gasteiger partial charge in [0.1, 0.15) is 30.5 Å². The van der Waals surface area contributed by atoms with Crippen molar-refractivity contribution in [1.82, 2.24) is 25.5 Å². The molecule has 6 rings (SSSR count). The second-order valence-corrected chi connectivity index (χ2v) is 8.90. The summed E-state index contributed by atoms with van der Waals surface area (Å²) in [6.07, 6.45) is 5.34. The van der Waals surface area contributed by atoms with Gasteiger partial charge in [0.15, 0.2) is 0 Å². The first-order chi connectivity index (χ1) is 15.2. The van der Waals surface area contributed by atoms with Crippen LogP contribution in [0.15, 0.2) is 42.6 Å². The summed E-state index contributed by atoms with van der Waals surface area (Å²) in [5.74, 6) is 0.766. The third kappa shape index (κ3) is 2.87. The molecule has 0 spiro atoms. The smallest absolute Gasteiger partial charge is 0.147 e. The van der Waals surface area contributed by atoms with E-state index in [0.717, 1.165) is 65.4 Å². The second-order valence-electron chi connectivity index (χ2n) is 8.90. The van der Waals surface area contributed by atoms with Crippen molar-refractivity contribution in [3.05, 3.63) is 59.4 Å². The molecule has 1 aliphatic heterocycles. The highest BCUT2D eigenvalue weighted by atomic mass is 16.5. The van der Waals surface area contributed by atoms with Gasteiger partial charge in [-0.25, -0.2) is 4.98 Å². The number of benzene rings is 1. The zero-order valence-electron chi connectivity index (χ0n) is 17.8. The van der Waals surface area contributed by atoms with E-state index < -0.39 is 0 Å². The number of ether oxygens (including phenoxy) is 1. The van der Waals surface area contributed by atoms with Crippen LogP contribution in [0.3, 0.4) is 0 Å². The van der Waals surface area contributed by atoms with Crippen LogP contribution in [0.2, 0.25) is 0 Å². The van der Waals surface area contributed by atoms with Gasteiger partial charge < -0.3 is 10.1 Å². The molecule has 7 heteroatoms. The van der Waals surface area contributed by atoms with Crippen LogP contribution in [0, 0.1) is 0 Å². The van der Waals surface area contributed by atoms with Crippen LogP contribution in [0.1, 0.15) is 23.2 Å². The highest BCUT2D eigenvalue weighted by Gasteiger charge is 2.34. The summed E-state index contributed by atoms with van der Waals surface area (Å²) >= 11 is 0. The molecular formula is C24H24BN5O. The Kier molecular flexibility index (Phi) is 4.15. The first-order valence-electron chi connectivity index (χ1n) is 10.9. The lowest BCUT2D eigenvalue weighted by Gasteiger charge is -2.39. The Bertz CT molecular complexity index is 1290. The van der Waals surface area contributed by atoms with Gasteiger partial charge in [0.25, 0.3) is 0 Å². The summed E-state index contributed by atoms with van der Waals surface area (Å²) in [5, 5.41) is 11.2. The number of hydrogen-bond acceptors (Lipinski definition) is 5. The lowest BCUT2D eigenvalue weighted by molar-refractivity contribution is 0.385. The second kappa shape index (κ2) is 6.92. The Morgan fingerprint density at radius 2 is 2.00 bits per heavy atom. The Morgan fingerprint density at radius 3 is 2.74 bits per heavy atom. The fourth-order valence-corrected chi connectivity index (χ4v) is 4.89. The van der Waals surface area contributed by atoms with Gasteiger partial charge in [0.05, 0.1) is 12.6 Å². The van der Waals surface area contributed by atoms with Gasteiger partial charge in [-0.15, -0.1) is 0 Å². The van der Waals surface area contributed by atoms with Gasteiger partial charge in [-0.05, 0) is 42.5 Å². The number of fused-ring (bicyclic) bond motifs is 2. The topological polar surface area (TPSA) is 75.7 Å². The van der Waals surface area contributed by atoms with Crippen molar-refractivity contribution >= 4 is 18.9 Å². The van der Waals surface area contributed by atoms with Crippen LogP contribution < -0.4 is 10.1 Å². The third-order valence-corrected chi connectivity index (χ3v) is 6.81. The molecule has 6 nitrogen and oxygen atoms in total. The SMILES string of the molecule is BC1(c2ccc(-c3n[nH]c4cc(OC)c(-c5cccc6c5CCC6)nc34)cn2)CNC1. The number of H-pyrrole nitrogens is 1. The van der Waals surface area contributed by atoms with Gasteiger partial charge in [-0.3, -0.25) is 10.1 Å². The van der Waals surface area contributed by atoms with E-state index in [1.165, 1.54) is 23.1 Å². The van der Waals surface area contributed by atoms with E-state index in [1.54, 1.807) is 7.11 Å². The van der Waals surface area contributed by atoms with Crippen LogP contribution in [0.25, 0.3) is 33.5 Å². The lowest BCUT2D eigenvalue weighted by Crippen LogP contribution is -2.57. The molecule has 0 saturated carbocycles. The molecule has 0 radical (unpaired) electrons. The molecule has 2 aliphatic rings. The molecule has 0 unspecified atom stereocenters. The van der Waals surface area contributed by atoms with E-state index in [1.807, 2.05) is 12.3 Å². The quantitative estimate of drug-likeness (QED) is 0.507. The fourth-order valence-electron chi connectivity index (χ4n) is 4.89. The first kappa shape index (κ1) is 18.6. The van der Waals surface area contributed by atoms with Crippen LogP contribution in [-0.2, 0) is 18.2 Å². The predicted molar refractivity (Wildman–Crippen MR) is 124 cm³/mol. The molecule has 154 valence electrons. The van der Waals surface area contributed by atoms with E-state index in [0.29, 0.717) is 0 Å². The minimum Gasteiger partial charge on any atom is -0.494 e. The van der Waals surface area contributed by atoms with Gasteiger partial charge in [-0.1, -0.05) is 18.2 Å². The number of aryl methyl sites for hydroxylation is 1. The molecule has 4 aromatic rings. The summed E-state index contributed by atoms with van der Waals surface area (Å²) in [4.78, 5) is 9.82. The van der Waals surface area contributed by atoms with Crippen LogP contribution in [0.4, 0.5) is 0 Å². The summed E-state index contributed by atoms with van der Waals surface area (Å²) in [6, 6.07) is 12.7. The minimum absolute atomic E-state index is 0.124. The highest BCUT2D eigenvalue weighted by Crippen LogP contribution is 2.38. The molecule has 0 amide bonds. The molecule has 3 aromatic heterocycles. The zero-order valence-corrected chi connectivity index (χ0v) is 17.8. The van der Waals surface area contributed by atoms with Gasteiger partial charge in [0.2, 0.25) is 0 Å².